The van der Waals surface area contributed by atoms with Crippen LogP contribution in [-0.4, -0.2) is 21.2 Å². The third-order valence-corrected chi connectivity index (χ3v) is 3.51. The summed E-state index contributed by atoms with van der Waals surface area (Å²) < 4.78 is 23.6. The highest BCUT2D eigenvalue weighted by Crippen LogP contribution is 2.21. The lowest BCUT2D eigenvalue weighted by Gasteiger charge is -2.06. The predicted molar refractivity (Wildman–Crippen MR) is 60.0 cm³/mol. The highest BCUT2D eigenvalue weighted by atomic mass is 79.9. The molecule has 0 saturated carbocycles. The molecule has 0 atom stereocenters. The minimum absolute atomic E-state index is 0.359. The molecule has 14 heavy (non-hydrogen) atoms. The molecule has 0 radical (unpaired) electrons. The van der Waals surface area contributed by atoms with Crippen molar-refractivity contribution in [2.45, 2.75) is 11.3 Å². The van der Waals surface area contributed by atoms with Crippen molar-refractivity contribution >= 4 is 25.8 Å². The van der Waals surface area contributed by atoms with Crippen LogP contribution in [0.3, 0.4) is 0 Å². The highest BCUT2D eigenvalue weighted by Gasteiger charge is 2.12. The largest absolute Gasteiger partial charge is 0.330 e. The molecule has 3 nitrogen and oxygen atoms in total. The second-order valence-electron chi connectivity index (χ2n) is 3.06. The molecule has 2 N–H and O–H groups in total. The van der Waals surface area contributed by atoms with E-state index in [-0.39, 0.29) is 0 Å². The standard InChI is InChI=1S/C9H12BrNO2S/c1-14(12,13)9-6-8(10)3-2-7(9)4-5-11/h2-3,6H,4-5,11H2,1H3. The number of hydrogen-bond donors (Lipinski definition) is 1. The van der Waals surface area contributed by atoms with Gasteiger partial charge in [0.25, 0.3) is 0 Å². The number of hydrogen-bond acceptors (Lipinski definition) is 3. The van der Waals surface area contributed by atoms with E-state index in [4.69, 9.17) is 5.73 Å². The van der Waals surface area contributed by atoms with Gasteiger partial charge >= 0.3 is 0 Å². The van der Waals surface area contributed by atoms with Crippen molar-refractivity contribution in [2.75, 3.05) is 12.8 Å². The quantitative estimate of drug-likeness (QED) is 0.908. The third-order valence-electron chi connectivity index (χ3n) is 1.84. The van der Waals surface area contributed by atoms with E-state index in [1.165, 1.54) is 6.26 Å². The normalized spacial score (nSPS) is 11.6. The predicted octanol–water partition coefficient (Wildman–Crippen LogP) is 1.35. The Morgan fingerprint density at radius 2 is 2.07 bits per heavy atom. The number of sulfone groups is 1. The summed E-state index contributed by atoms with van der Waals surface area (Å²) in [5, 5.41) is 0. The molecule has 0 aliphatic carbocycles. The second-order valence-corrected chi connectivity index (χ2v) is 5.96. The Hall–Kier alpha value is -0.390. The first-order valence-electron chi connectivity index (χ1n) is 4.13. The van der Waals surface area contributed by atoms with Crippen molar-refractivity contribution < 1.29 is 8.42 Å². The highest BCUT2D eigenvalue weighted by molar-refractivity contribution is 9.10. The molecule has 1 aromatic rings. The molecule has 0 aliphatic rings. The van der Waals surface area contributed by atoms with E-state index in [1.54, 1.807) is 12.1 Å². The molecule has 0 bridgehead atoms. The van der Waals surface area contributed by atoms with Gasteiger partial charge in [-0.3, -0.25) is 0 Å². The fourth-order valence-electron chi connectivity index (χ4n) is 1.24. The molecule has 0 amide bonds. The summed E-state index contributed by atoms with van der Waals surface area (Å²) in [5.41, 5.74) is 6.18. The van der Waals surface area contributed by atoms with Crippen molar-refractivity contribution in [1.82, 2.24) is 0 Å². The third kappa shape index (κ3) is 2.80. The van der Waals surface area contributed by atoms with Crippen LogP contribution in [0, 0.1) is 0 Å². The molecule has 0 aromatic heterocycles. The molecule has 1 aromatic carbocycles. The van der Waals surface area contributed by atoms with Crippen LogP contribution in [0.4, 0.5) is 0 Å². The van der Waals surface area contributed by atoms with E-state index in [0.717, 1.165) is 10.0 Å². The van der Waals surface area contributed by atoms with Crippen LogP contribution in [0.15, 0.2) is 27.6 Å². The molecule has 1 rings (SSSR count). The summed E-state index contributed by atoms with van der Waals surface area (Å²) in [5.74, 6) is 0. The Balaban J connectivity index is 3.30. The van der Waals surface area contributed by atoms with E-state index >= 15 is 0 Å². The maximum atomic E-state index is 11.4. The van der Waals surface area contributed by atoms with Crippen LogP contribution in [0.25, 0.3) is 0 Å². The molecule has 0 unspecified atom stereocenters. The van der Waals surface area contributed by atoms with Gasteiger partial charge in [-0.15, -0.1) is 0 Å². The topological polar surface area (TPSA) is 60.2 Å². The van der Waals surface area contributed by atoms with Crippen LogP contribution in [-0.2, 0) is 16.3 Å². The maximum Gasteiger partial charge on any atom is 0.175 e. The lowest BCUT2D eigenvalue weighted by Crippen LogP contribution is -2.08. The van der Waals surface area contributed by atoms with Crippen LogP contribution in [0.5, 0.6) is 0 Å². The lowest BCUT2D eigenvalue weighted by molar-refractivity contribution is 0.600. The molecular formula is C9H12BrNO2S. The molecular weight excluding hydrogens is 266 g/mol. The first-order chi connectivity index (χ1) is 6.45. The monoisotopic (exact) mass is 277 g/mol. The van der Waals surface area contributed by atoms with Gasteiger partial charge in [-0.05, 0) is 30.7 Å². The van der Waals surface area contributed by atoms with Crippen LogP contribution < -0.4 is 5.73 Å². The minimum Gasteiger partial charge on any atom is -0.330 e. The van der Waals surface area contributed by atoms with Crippen molar-refractivity contribution in [3.05, 3.63) is 28.2 Å². The molecule has 5 heteroatoms. The van der Waals surface area contributed by atoms with Crippen molar-refractivity contribution in [3.8, 4) is 0 Å². The zero-order valence-electron chi connectivity index (χ0n) is 7.83. The maximum absolute atomic E-state index is 11.4. The Morgan fingerprint density at radius 1 is 1.43 bits per heavy atom. The summed E-state index contributed by atoms with van der Waals surface area (Å²) >= 11 is 3.24. The molecule has 0 saturated heterocycles. The van der Waals surface area contributed by atoms with Crippen LogP contribution in [0.1, 0.15) is 5.56 Å². The first kappa shape index (κ1) is 11.7. The van der Waals surface area contributed by atoms with Crippen molar-refractivity contribution in [3.63, 3.8) is 0 Å². The molecule has 0 fully saturated rings. The molecule has 0 heterocycles. The van der Waals surface area contributed by atoms with E-state index < -0.39 is 9.84 Å². The van der Waals surface area contributed by atoms with Gasteiger partial charge in [-0.2, -0.15) is 0 Å². The molecule has 0 aliphatic heterocycles. The number of nitrogens with two attached hydrogens (primary N) is 1. The Labute approximate surface area is 92.4 Å². The van der Waals surface area contributed by atoms with Gasteiger partial charge < -0.3 is 5.73 Å². The fraction of sp³-hybridized carbons (Fsp3) is 0.333. The van der Waals surface area contributed by atoms with E-state index in [1.807, 2.05) is 6.07 Å². The average molecular weight is 278 g/mol. The van der Waals surface area contributed by atoms with Gasteiger partial charge in [0, 0.05) is 10.7 Å². The molecule has 0 spiro atoms. The van der Waals surface area contributed by atoms with Crippen LogP contribution >= 0.6 is 15.9 Å². The number of halogens is 1. The summed E-state index contributed by atoms with van der Waals surface area (Å²) in [6.07, 6.45) is 1.78. The first-order valence-corrected chi connectivity index (χ1v) is 6.82. The SMILES string of the molecule is CS(=O)(=O)c1cc(Br)ccc1CCN. The summed E-state index contributed by atoms with van der Waals surface area (Å²) in [4.78, 5) is 0.359. The van der Waals surface area contributed by atoms with Gasteiger partial charge in [-0.25, -0.2) is 8.42 Å². The van der Waals surface area contributed by atoms with Gasteiger partial charge in [0.2, 0.25) is 0 Å². The number of benzene rings is 1. The summed E-state index contributed by atoms with van der Waals surface area (Å²) in [6.45, 7) is 0.449. The van der Waals surface area contributed by atoms with Gasteiger partial charge in [0.05, 0.1) is 4.90 Å². The van der Waals surface area contributed by atoms with E-state index in [0.29, 0.717) is 17.9 Å². The lowest BCUT2D eigenvalue weighted by atomic mass is 10.1. The van der Waals surface area contributed by atoms with Crippen molar-refractivity contribution in [2.24, 2.45) is 5.73 Å². The summed E-state index contributed by atoms with van der Waals surface area (Å²) in [7, 11) is -3.16. The van der Waals surface area contributed by atoms with Gasteiger partial charge in [0.1, 0.15) is 0 Å². The van der Waals surface area contributed by atoms with E-state index in [2.05, 4.69) is 15.9 Å². The average Bonchev–Trinajstić information content (AvgIpc) is 2.07. The van der Waals surface area contributed by atoms with Gasteiger partial charge in [0.15, 0.2) is 9.84 Å². The molecule has 78 valence electrons. The summed E-state index contributed by atoms with van der Waals surface area (Å²) in [6, 6.07) is 5.22. The Morgan fingerprint density at radius 3 is 2.57 bits per heavy atom. The minimum atomic E-state index is -3.16. The fourth-order valence-corrected chi connectivity index (χ4v) is 2.74. The number of rotatable bonds is 3. The van der Waals surface area contributed by atoms with E-state index in [9.17, 15) is 8.42 Å². The Bertz CT molecular complexity index is 428. The van der Waals surface area contributed by atoms with Gasteiger partial charge in [-0.1, -0.05) is 22.0 Å². The zero-order valence-corrected chi connectivity index (χ0v) is 10.2. The zero-order chi connectivity index (χ0) is 10.8. The van der Waals surface area contributed by atoms with Crippen LogP contribution in [0.2, 0.25) is 0 Å². The van der Waals surface area contributed by atoms with Crippen molar-refractivity contribution in [1.29, 1.82) is 0 Å². The second kappa shape index (κ2) is 4.42. The Kier molecular flexibility index (Phi) is 3.69. The smallest absolute Gasteiger partial charge is 0.175 e.